The summed E-state index contributed by atoms with van der Waals surface area (Å²) in [5.41, 5.74) is 2.43. The first-order valence-corrected chi connectivity index (χ1v) is 6.32. The van der Waals surface area contributed by atoms with Gasteiger partial charge in [0.25, 0.3) is 0 Å². The number of rotatable bonds is 1. The predicted octanol–water partition coefficient (Wildman–Crippen LogP) is 2.57. The molecule has 2 atom stereocenters. The molecule has 0 saturated carbocycles. The lowest BCUT2D eigenvalue weighted by molar-refractivity contribution is -0.141. The third kappa shape index (κ3) is 1.69. The molecule has 0 bridgehead atoms. The van der Waals surface area contributed by atoms with Gasteiger partial charge in [-0.3, -0.25) is 4.79 Å². The van der Waals surface area contributed by atoms with Crippen molar-refractivity contribution in [2.75, 3.05) is 11.4 Å². The van der Waals surface area contributed by atoms with Gasteiger partial charge in [0, 0.05) is 23.3 Å². The van der Waals surface area contributed by atoms with E-state index >= 15 is 0 Å². The van der Waals surface area contributed by atoms with Crippen LogP contribution in [0.25, 0.3) is 0 Å². The van der Waals surface area contributed by atoms with Crippen molar-refractivity contribution >= 4 is 23.3 Å². The Balaban J connectivity index is 1.96. The first-order chi connectivity index (χ1) is 8.16. The molecule has 1 saturated heterocycles. The first kappa shape index (κ1) is 10.9. The number of fused-ring (bicyclic) bond motifs is 3. The maximum Gasteiger partial charge on any atom is 0.308 e. The molecule has 17 heavy (non-hydrogen) atoms. The fraction of sp³-hybridized carbons (Fsp3) is 0.462. The molecule has 0 amide bonds. The normalized spacial score (nSPS) is 26.5. The van der Waals surface area contributed by atoms with E-state index in [1.165, 1.54) is 11.3 Å². The largest absolute Gasteiger partial charge is 0.481 e. The van der Waals surface area contributed by atoms with E-state index in [-0.39, 0.29) is 12.0 Å². The highest BCUT2D eigenvalue weighted by Gasteiger charge is 2.41. The van der Waals surface area contributed by atoms with Gasteiger partial charge in [0.2, 0.25) is 0 Å². The van der Waals surface area contributed by atoms with Crippen molar-refractivity contribution in [2.45, 2.75) is 25.3 Å². The fourth-order valence-corrected chi connectivity index (χ4v) is 3.33. The minimum absolute atomic E-state index is 0.168. The van der Waals surface area contributed by atoms with Gasteiger partial charge < -0.3 is 10.0 Å². The van der Waals surface area contributed by atoms with Crippen LogP contribution in [-0.4, -0.2) is 23.7 Å². The highest BCUT2D eigenvalue weighted by atomic mass is 35.5. The second-order valence-electron chi connectivity index (χ2n) is 4.81. The second kappa shape index (κ2) is 3.91. The van der Waals surface area contributed by atoms with E-state index in [0.717, 1.165) is 30.8 Å². The molecule has 1 fully saturated rings. The van der Waals surface area contributed by atoms with Crippen molar-refractivity contribution in [3.63, 3.8) is 0 Å². The van der Waals surface area contributed by atoms with E-state index in [0.29, 0.717) is 0 Å². The van der Waals surface area contributed by atoms with E-state index in [1.807, 2.05) is 18.2 Å². The van der Waals surface area contributed by atoms with Crippen LogP contribution >= 0.6 is 11.6 Å². The van der Waals surface area contributed by atoms with Crippen molar-refractivity contribution in [2.24, 2.45) is 5.92 Å². The summed E-state index contributed by atoms with van der Waals surface area (Å²) < 4.78 is 0. The Kier molecular flexibility index (Phi) is 2.51. The number of aryl methyl sites for hydroxylation is 1. The first-order valence-electron chi connectivity index (χ1n) is 5.94. The third-order valence-electron chi connectivity index (χ3n) is 3.92. The van der Waals surface area contributed by atoms with Crippen molar-refractivity contribution in [3.05, 3.63) is 28.8 Å². The van der Waals surface area contributed by atoms with E-state index in [2.05, 4.69) is 4.90 Å². The van der Waals surface area contributed by atoms with Crippen LogP contribution in [0.2, 0.25) is 5.02 Å². The van der Waals surface area contributed by atoms with Crippen molar-refractivity contribution in [1.82, 2.24) is 0 Å². The average Bonchev–Trinajstić information content (AvgIpc) is 2.72. The van der Waals surface area contributed by atoms with Crippen LogP contribution in [0.3, 0.4) is 0 Å². The molecule has 3 rings (SSSR count). The van der Waals surface area contributed by atoms with Gasteiger partial charge in [-0.15, -0.1) is 0 Å². The lowest BCUT2D eigenvalue weighted by atomic mass is 9.90. The molecule has 4 heteroatoms. The number of carbonyl (C=O) groups is 1. The van der Waals surface area contributed by atoms with Gasteiger partial charge in [-0.25, -0.2) is 0 Å². The molecule has 2 aliphatic heterocycles. The third-order valence-corrected chi connectivity index (χ3v) is 4.16. The summed E-state index contributed by atoms with van der Waals surface area (Å²) in [4.78, 5) is 13.4. The van der Waals surface area contributed by atoms with E-state index in [9.17, 15) is 9.90 Å². The molecule has 0 radical (unpaired) electrons. The molecule has 2 unspecified atom stereocenters. The van der Waals surface area contributed by atoms with E-state index in [1.54, 1.807) is 0 Å². The summed E-state index contributed by atoms with van der Waals surface area (Å²) in [5.74, 6) is -0.867. The molecule has 2 heterocycles. The number of carboxylic acids is 1. The summed E-state index contributed by atoms with van der Waals surface area (Å²) in [6, 6.07) is 6.08. The molecular weight excluding hydrogens is 238 g/mol. The Morgan fingerprint density at radius 3 is 3.00 bits per heavy atom. The molecule has 3 nitrogen and oxygen atoms in total. The van der Waals surface area contributed by atoms with Gasteiger partial charge >= 0.3 is 5.97 Å². The fourth-order valence-electron chi connectivity index (χ4n) is 3.14. The van der Waals surface area contributed by atoms with Crippen molar-refractivity contribution in [1.29, 1.82) is 0 Å². The zero-order chi connectivity index (χ0) is 12.0. The summed E-state index contributed by atoms with van der Waals surface area (Å²) in [7, 11) is 0. The summed E-state index contributed by atoms with van der Waals surface area (Å²) in [6.07, 6.45) is 2.60. The highest BCUT2D eigenvalue weighted by Crippen LogP contribution is 2.39. The maximum absolute atomic E-state index is 11.2. The molecule has 0 aromatic heterocycles. The minimum atomic E-state index is -0.657. The smallest absolute Gasteiger partial charge is 0.308 e. The summed E-state index contributed by atoms with van der Waals surface area (Å²) in [6.45, 7) is 0.844. The lowest BCUT2D eigenvalue weighted by Crippen LogP contribution is -2.39. The molecule has 2 aliphatic rings. The van der Waals surface area contributed by atoms with Crippen molar-refractivity contribution < 1.29 is 9.90 Å². The maximum atomic E-state index is 11.2. The Morgan fingerprint density at radius 1 is 1.41 bits per heavy atom. The number of hydrogen-bond acceptors (Lipinski definition) is 2. The second-order valence-corrected chi connectivity index (χ2v) is 5.24. The van der Waals surface area contributed by atoms with Crippen LogP contribution < -0.4 is 4.90 Å². The lowest BCUT2D eigenvalue weighted by Gasteiger charge is -2.35. The minimum Gasteiger partial charge on any atom is -0.481 e. The molecular formula is C13H14ClNO2. The Morgan fingerprint density at radius 2 is 2.24 bits per heavy atom. The van der Waals surface area contributed by atoms with Crippen molar-refractivity contribution in [3.8, 4) is 0 Å². The van der Waals surface area contributed by atoms with Crippen LogP contribution in [0, 0.1) is 5.92 Å². The molecule has 90 valence electrons. The van der Waals surface area contributed by atoms with E-state index in [4.69, 9.17) is 11.6 Å². The zero-order valence-electron chi connectivity index (χ0n) is 9.40. The molecule has 0 spiro atoms. The van der Waals surface area contributed by atoms with Gasteiger partial charge in [-0.1, -0.05) is 11.6 Å². The highest BCUT2D eigenvalue weighted by molar-refractivity contribution is 6.30. The topological polar surface area (TPSA) is 40.5 Å². The van der Waals surface area contributed by atoms with Crippen LogP contribution in [0.4, 0.5) is 5.69 Å². The quantitative estimate of drug-likeness (QED) is 0.834. The van der Waals surface area contributed by atoms with Crippen LogP contribution in [0.15, 0.2) is 18.2 Å². The van der Waals surface area contributed by atoms with Crippen LogP contribution in [-0.2, 0) is 11.2 Å². The summed E-state index contributed by atoms with van der Waals surface area (Å²) >= 11 is 5.99. The Bertz CT molecular complexity index is 474. The van der Waals surface area contributed by atoms with Gasteiger partial charge in [-0.2, -0.15) is 0 Å². The number of carboxylic acid groups (broad SMARTS) is 1. The number of anilines is 1. The number of hydrogen-bond donors (Lipinski definition) is 1. The van der Waals surface area contributed by atoms with Crippen LogP contribution in [0.5, 0.6) is 0 Å². The van der Waals surface area contributed by atoms with Gasteiger partial charge in [-0.05, 0) is 43.0 Å². The number of halogens is 1. The SMILES string of the molecule is O=C(O)C1CCN2c3ccc(Cl)cc3CCC12. The Hall–Kier alpha value is -1.22. The average molecular weight is 252 g/mol. The number of benzene rings is 1. The predicted molar refractivity (Wildman–Crippen MR) is 66.6 cm³/mol. The summed E-state index contributed by atoms with van der Waals surface area (Å²) in [5, 5.41) is 9.96. The zero-order valence-corrected chi connectivity index (χ0v) is 10.2. The molecule has 1 aromatic rings. The van der Waals surface area contributed by atoms with Gasteiger partial charge in [0.05, 0.1) is 5.92 Å². The van der Waals surface area contributed by atoms with Gasteiger partial charge in [0.15, 0.2) is 0 Å². The van der Waals surface area contributed by atoms with Crippen LogP contribution in [0.1, 0.15) is 18.4 Å². The number of aliphatic carboxylic acids is 1. The van der Waals surface area contributed by atoms with Gasteiger partial charge in [0.1, 0.15) is 0 Å². The molecule has 0 aliphatic carbocycles. The molecule has 1 N–H and O–H groups in total. The van der Waals surface area contributed by atoms with E-state index < -0.39 is 5.97 Å². The Labute approximate surface area is 105 Å². The monoisotopic (exact) mass is 251 g/mol. The molecule has 1 aromatic carbocycles. The number of nitrogens with zero attached hydrogens (tertiary/aromatic N) is 1. The standard InChI is InChI=1S/C13H14ClNO2/c14-9-2-4-11-8(7-9)1-3-12-10(13(16)17)5-6-15(11)12/h2,4,7,10,12H,1,3,5-6H2,(H,16,17).